The zero-order valence-corrected chi connectivity index (χ0v) is 8.56. The number of ether oxygens (including phenoxy) is 1. The van der Waals surface area contributed by atoms with Crippen LogP contribution in [0, 0.1) is 0 Å². The quantitative estimate of drug-likeness (QED) is 0.556. The molecule has 1 atom stereocenters. The summed E-state index contributed by atoms with van der Waals surface area (Å²) in [5, 5.41) is 0. The largest absolute Gasteiger partial charge is 0.458 e. The minimum Gasteiger partial charge on any atom is -0.458 e. The zero-order valence-electron chi connectivity index (χ0n) is 8.56. The van der Waals surface area contributed by atoms with Crippen LogP contribution in [0.3, 0.4) is 0 Å². The molecule has 1 aliphatic rings. The molecule has 0 amide bonds. The first-order chi connectivity index (χ1) is 7.34. The summed E-state index contributed by atoms with van der Waals surface area (Å²) in [5.74, 6) is -0.141. The van der Waals surface area contributed by atoms with Gasteiger partial charge in [-0.3, -0.25) is 4.79 Å². The first-order valence-electron chi connectivity index (χ1n) is 5.24. The van der Waals surface area contributed by atoms with E-state index in [0.29, 0.717) is 6.42 Å². The van der Waals surface area contributed by atoms with E-state index < -0.39 is 0 Å². The maximum Gasteiger partial charge on any atom is 0.310 e. The molecule has 1 aromatic carbocycles. The SMILES string of the molecule is O=C(Cc1ccccc1)OC1C=CCC1. The lowest BCUT2D eigenvalue weighted by molar-refractivity contribution is -0.146. The molecule has 0 saturated carbocycles. The van der Waals surface area contributed by atoms with Crippen LogP contribution in [0.15, 0.2) is 42.5 Å². The van der Waals surface area contributed by atoms with Crippen molar-refractivity contribution in [2.24, 2.45) is 0 Å². The van der Waals surface area contributed by atoms with Gasteiger partial charge < -0.3 is 4.74 Å². The van der Waals surface area contributed by atoms with Gasteiger partial charge in [-0.2, -0.15) is 0 Å². The molecule has 1 unspecified atom stereocenters. The van der Waals surface area contributed by atoms with Gasteiger partial charge in [-0.25, -0.2) is 0 Å². The van der Waals surface area contributed by atoms with Crippen molar-refractivity contribution in [3.63, 3.8) is 0 Å². The van der Waals surface area contributed by atoms with E-state index in [9.17, 15) is 4.79 Å². The standard InChI is InChI=1S/C13H14O2/c14-13(15-12-8-4-5-9-12)10-11-6-2-1-3-7-11/h1-4,6-8,12H,5,9-10H2. The molecule has 0 spiro atoms. The fourth-order valence-corrected chi connectivity index (χ4v) is 1.68. The second kappa shape index (κ2) is 4.78. The van der Waals surface area contributed by atoms with Crippen molar-refractivity contribution < 1.29 is 9.53 Å². The third-order valence-corrected chi connectivity index (χ3v) is 2.44. The van der Waals surface area contributed by atoms with Gasteiger partial charge in [-0.15, -0.1) is 0 Å². The van der Waals surface area contributed by atoms with Crippen molar-refractivity contribution in [3.05, 3.63) is 48.0 Å². The fraction of sp³-hybridized carbons (Fsp3) is 0.308. The highest BCUT2D eigenvalue weighted by atomic mass is 16.5. The van der Waals surface area contributed by atoms with Crippen LogP contribution < -0.4 is 0 Å². The van der Waals surface area contributed by atoms with Crippen molar-refractivity contribution in [1.29, 1.82) is 0 Å². The van der Waals surface area contributed by atoms with Gasteiger partial charge in [-0.05, 0) is 24.5 Å². The number of allylic oxidation sites excluding steroid dienone is 1. The van der Waals surface area contributed by atoms with Crippen LogP contribution in [0.2, 0.25) is 0 Å². The fourth-order valence-electron chi connectivity index (χ4n) is 1.68. The summed E-state index contributed by atoms with van der Waals surface area (Å²) in [6.07, 6.45) is 6.33. The minimum absolute atomic E-state index is 0.00112. The Kier molecular flexibility index (Phi) is 3.18. The van der Waals surface area contributed by atoms with E-state index in [1.807, 2.05) is 36.4 Å². The van der Waals surface area contributed by atoms with E-state index in [1.54, 1.807) is 0 Å². The lowest BCUT2D eigenvalue weighted by atomic mass is 10.1. The van der Waals surface area contributed by atoms with Crippen LogP contribution in [0.1, 0.15) is 18.4 Å². The van der Waals surface area contributed by atoms with Crippen LogP contribution in [0.5, 0.6) is 0 Å². The van der Waals surface area contributed by atoms with Crippen molar-refractivity contribution in [2.75, 3.05) is 0 Å². The highest BCUT2D eigenvalue weighted by Gasteiger charge is 2.14. The maximum atomic E-state index is 11.5. The van der Waals surface area contributed by atoms with Crippen LogP contribution in [-0.2, 0) is 16.0 Å². The van der Waals surface area contributed by atoms with Gasteiger partial charge >= 0.3 is 5.97 Å². The Morgan fingerprint density at radius 2 is 2.13 bits per heavy atom. The van der Waals surface area contributed by atoms with E-state index in [1.165, 1.54) is 0 Å². The monoisotopic (exact) mass is 202 g/mol. The smallest absolute Gasteiger partial charge is 0.310 e. The molecule has 78 valence electrons. The number of rotatable bonds is 3. The summed E-state index contributed by atoms with van der Waals surface area (Å²) in [4.78, 5) is 11.5. The molecule has 0 aliphatic heterocycles. The van der Waals surface area contributed by atoms with E-state index in [2.05, 4.69) is 6.08 Å². The molecule has 0 bridgehead atoms. The Bertz CT molecular complexity index is 354. The van der Waals surface area contributed by atoms with Crippen LogP contribution >= 0.6 is 0 Å². The summed E-state index contributed by atoms with van der Waals surface area (Å²) in [7, 11) is 0. The molecular formula is C13H14O2. The Morgan fingerprint density at radius 1 is 1.33 bits per heavy atom. The van der Waals surface area contributed by atoms with Crippen molar-refractivity contribution in [2.45, 2.75) is 25.4 Å². The molecule has 0 heterocycles. The number of carbonyl (C=O) groups excluding carboxylic acids is 1. The normalized spacial score (nSPS) is 19.1. The molecule has 0 N–H and O–H groups in total. The number of hydrogen-bond acceptors (Lipinski definition) is 2. The Hall–Kier alpha value is -1.57. The number of benzene rings is 1. The highest BCUT2D eigenvalue weighted by Crippen LogP contribution is 2.13. The van der Waals surface area contributed by atoms with Gasteiger partial charge in [0.2, 0.25) is 0 Å². The summed E-state index contributed by atoms with van der Waals surface area (Å²) >= 11 is 0. The molecule has 2 nitrogen and oxygen atoms in total. The maximum absolute atomic E-state index is 11.5. The van der Waals surface area contributed by atoms with Crippen LogP contribution in [-0.4, -0.2) is 12.1 Å². The van der Waals surface area contributed by atoms with Gasteiger partial charge in [0, 0.05) is 0 Å². The van der Waals surface area contributed by atoms with Gasteiger partial charge in [-0.1, -0.05) is 36.4 Å². The summed E-state index contributed by atoms with van der Waals surface area (Å²) in [6.45, 7) is 0. The average molecular weight is 202 g/mol. The summed E-state index contributed by atoms with van der Waals surface area (Å²) < 4.78 is 5.29. The first kappa shape index (κ1) is 9.97. The summed E-state index contributed by atoms with van der Waals surface area (Å²) in [5.41, 5.74) is 1.00. The van der Waals surface area contributed by atoms with Crippen LogP contribution in [0.4, 0.5) is 0 Å². The van der Waals surface area contributed by atoms with Gasteiger partial charge in [0.25, 0.3) is 0 Å². The third-order valence-electron chi connectivity index (χ3n) is 2.44. The topological polar surface area (TPSA) is 26.3 Å². The number of hydrogen-bond donors (Lipinski definition) is 0. The van der Waals surface area contributed by atoms with Crippen LogP contribution in [0.25, 0.3) is 0 Å². The predicted octanol–water partition coefficient (Wildman–Crippen LogP) is 2.49. The highest BCUT2D eigenvalue weighted by molar-refractivity contribution is 5.72. The van der Waals surface area contributed by atoms with Crippen molar-refractivity contribution in [1.82, 2.24) is 0 Å². The predicted molar refractivity (Wildman–Crippen MR) is 58.4 cm³/mol. The van der Waals surface area contributed by atoms with E-state index in [0.717, 1.165) is 18.4 Å². The molecule has 0 radical (unpaired) electrons. The Balaban J connectivity index is 1.84. The van der Waals surface area contributed by atoms with Crippen molar-refractivity contribution in [3.8, 4) is 0 Å². The molecule has 2 heteroatoms. The van der Waals surface area contributed by atoms with E-state index in [-0.39, 0.29) is 12.1 Å². The second-order valence-electron chi connectivity index (χ2n) is 3.70. The van der Waals surface area contributed by atoms with Gasteiger partial charge in [0.1, 0.15) is 6.10 Å². The van der Waals surface area contributed by atoms with Gasteiger partial charge in [0.15, 0.2) is 0 Å². The number of carbonyl (C=O) groups is 1. The number of esters is 1. The third kappa shape index (κ3) is 2.94. The minimum atomic E-state index is -0.141. The van der Waals surface area contributed by atoms with Gasteiger partial charge in [0.05, 0.1) is 6.42 Å². The lowest BCUT2D eigenvalue weighted by Gasteiger charge is -2.09. The molecule has 0 saturated heterocycles. The second-order valence-corrected chi connectivity index (χ2v) is 3.70. The Labute approximate surface area is 89.6 Å². The van der Waals surface area contributed by atoms with E-state index in [4.69, 9.17) is 4.74 Å². The molecule has 0 aromatic heterocycles. The first-order valence-corrected chi connectivity index (χ1v) is 5.24. The molecule has 15 heavy (non-hydrogen) atoms. The zero-order chi connectivity index (χ0) is 10.5. The Morgan fingerprint density at radius 3 is 2.80 bits per heavy atom. The average Bonchev–Trinajstić information content (AvgIpc) is 2.71. The van der Waals surface area contributed by atoms with Crippen molar-refractivity contribution >= 4 is 5.97 Å². The summed E-state index contributed by atoms with van der Waals surface area (Å²) in [6, 6.07) is 9.67. The molecule has 2 rings (SSSR count). The molecule has 1 aliphatic carbocycles. The molecule has 0 fully saturated rings. The molecular weight excluding hydrogens is 188 g/mol. The van der Waals surface area contributed by atoms with E-state index >= 15 is 0 Å². The molecule has 1 aromatic rings. The lowest BCUT2D eigenvalue weighted by Crippen LogP contribution is -2.15.